The molecule has 1 N–H and O–H groups in total. The molecular weight excluding hydrogens is 376 g/mol. The number of hydrogen-bond donors (Lipinski definition) is 1. The van der Waals surface area contributed by atoms with E-state index in [9.17, 15) is 28.4 Å². The van der Waals surface area contributed by atoms with Gasteiger partial charge in [-0.1, -0.05) is 12.1 Å². The Morgan fingerprint density at radius 3 is 2.19 bits per heavy atom. The standard InChI is InChI=1S/C17H18N2O7S/c1-12(17(20)21)18(11-13-3-5-14(6-4-13)19(22)23)27(24,25)16-9-7-15(26-2)8-10-16/h3-10,12H,11H2,1-2H3,(H,20,21)/t12-/m0/s1. The maximum absolute atomic E-state index is 13.0. The van der Waals surface area contributed by atoms with Crippen LogP contribution in [0.2, 0.25) is 0 Å². The number of carbonyl (C=O) groups is 1. The third-order valence-electron chi connectivity index (χ3n) is 3.94. The zero-order valence-corrected chi connectivity index (χ0v) is 15.4. The van der Waals surface area contributed by atoms with Crippen molar-refractivity contribution in [3.63, 3.8) is 0 Å². The summed E-state index contributed by atoms with van der Waals surface area (Å²) in [6, 6.07) is 9.49. The van der Waals surface area contributed by atoms with Crippen LogP contribution in [0.3, 0.4) is 0 Å². The molecule has 0 bridgehead atoms. The van der Waals surface area contributed by atoms with Gasteiger partial charge >= 0.3 is 5.97 Å². The maximum Gasteiger partial charge on any atom is 0.321 e. The van der Waals surface area contributed by atoms with E-state index in [4.69, 9.17) is 4.74 Å². The molecule has 0 aromatic heterocycles. The van der Waals surface area contributed by atoms with Crippen molar-refractivity contribution in [2.45, 2.75) is 24.4 Å². The van der Waals surface area contributed by atoms with E-state index in [0.29, 0.717) is 11.3 Å². The number of ether oxygens (including phenoxy) is 1. The van der Waals surface area contributed by atoms with Gasteiger partial charge in [0.2, 0.25) is 10.0 Å². The first-order chi connectivity index (χ1) is 12.7. The maximum atomic E-state index is 13.0. The molecule has 0 unspecified atom stereocenters. The third kappa shape index (κ3) is 4.60. The predicted octanol–water partition coefficient (Wildman–Crippen LogP) is 2.27. The second-order valence-electron chi connectivity index (χ2n) is 5.66. The number of rotatable bonds is 8. The van der Waals surface area contributed by atoms with Crippen LogP contribution in [0.15, 0.2) is 53.4 Å². The van der Waals surface area contributed by atoms with E-state index < -0.39 is 27.0 Å². The fourth-order valence-electron chi connectivity index (χ4n) is 2.34. The van der Waals surface area contributed by atoms with Crippen molar-refractivity contribution in [3.8, 4) is 5.75 Å². The lowest BCUT2D eigenvalue weighted by Crippen LogP contribution is -2.42. The molecule has 0 aliphatic carbocycles. The topological polar surface area (TPSA) is 127 Å². The molecule has 0 spiro atoms. The van der Waals surface area contributed by atoms with E-state index in [-0.39, 0.29) is 17.1 Å². The van der Waals surface area contributed by atoms with Crippen molar-refractivity contribution >= 4 is 21.7 Å². The van der Waals surface area contributed by atoms with Crippen molar-refractivity contribution in [2.24, 2.45) is 0 Å². The highest BCUT2D eigenvalue weighted by Gasteiger charge is 2.33. The Balaban J connectivity index is 2.40. The van der Waals surface area contributed by atoms with Crippen molar-refractivity contribution in [3.05, 3.63) is 64.2 Å². The number of nitrogens with zero attached hydrogens (tertiary/aromatic N) is 2. The summed E-state index contributed by atoms with van der Waals surface area (Å²) in [6.45, 7) is 1.01. The predicted molar refractivity (Wildman–Crippen MR) is 95.9 cm³/mol. The number of carboxylic acid groups (broad SMARTS) is 1. The zero-order chi connectivity index (χ0) is 20.2. The van der Waals surface area contributed by atoms with Crippen LogP contribution in [0.5, 0.6) is 5.75 Å². The van der Waals surface area contributed by atoms with E-state index in [2.05, 4.69) is 0 Å². The molecule has 0 saturated heterocycles. The first kappa shape index (κ1) is 20.3. The van der Waals surface area contributed by atoms with Crippen molar-refractivity contribution in [1.82, 2.24) is 4.31 Å². The normalized spacial score (nSPS) is 12.6. The third-order valence-corrected chi connectivity index (χ3v) is 5.87. The largest absolute Gasteiger partial charge is 0.497 e. The van der Waals surface area contributed by atoms with Crippen molar-refractivity contribution in [2.75, 3.05) is 7.11 Å². The van der Waals surface area contributed by atoms with Crippen LogP contribution in [0.25, 0.3) is 0 Å². The summed E-state index contributed by atoms with van der Waals surface area (Å²) in [5.74, 6) is -0.851. The van der Waals surface area contributed by atoms with Gasteiger partial charge in [0.15, 0.2) is 0 Å². The molecular formula is C17H18N2O7S. The highest BCUT2D eigenvalue weighted by molar-refractivity contribution is 7.89. The summed E-state index contributed by atoms with van der Waals surface area (Å²) in [4.78, 5) is 21.5. The fourth-order valence-corrected chi connectivity index (χ4v) is 3.92. The van der Waals surface area contributed by atoms with Gasteiger partial charge in [0, 0.05) is 18.7 Å². The molecule has 144 valence electrons. The fraction of sp³-hybridized carbons (Fsp3) is 0.235. The second kappa shape index (κ2) is 8.14. The molecule has 27 heavy (non-hydrogen) atoms. The molecule has 0 heterocycles. The summed E-state index contributed by atoms with van der Waals surface area (Å²) in [7, 11) is -2.69. The van der Waals surface area contributed by atoms with Crippen molar-refractivity contribution < 1.29 is 28.0 Å². The first-order valence-corrected chi connectivity index (χ1v) is 9.23. The highest BCUT2D eigenvalue weighted by atomic mass is 32.2. The second-order valence-corrected chi connectivity index (χ2v) is 7.55. The van der Waals surface area contributed by atoms with Crippen LogP contribution >= 0.6 is 0 Å². The van der Waals surface area contributed by atoms with Gasteiger partial charge in [0.1, 0.15) is 11.8 Å². The first-order valence-electron chi connectivity index (χ1n) is 7.79. The number of methoxy groups -OCH3 is 1. The smallest absolute Gasteiger partial charge is 0.321 e. The Labute approximate surface area is 156 Å². The Bertz CT molecular complexity index is 925. The summed E-state index contributed by atoms with van der Waals surface area (Å²) in [5, 5.41) is 20.1. The van der Waals surface area contributed by atoms with Gasteiger partial charge in [-0.25, -0.2) is 8.42 Å². The summed E-state index contributed by atoms with van der Waals surface area (Å²) >= 11 is 0. The minimum atomic E-state index is -4.13. The molecule has 2 aromatic rings. The van der Waals surface area contributed by atoms with Gasteiger partial charge in [-0.15, -0.1) is 0 Å². The van der Waals surface area contributed by atoms with E-state index in [0.717, 1.165) is 4.31 Å². The summed E-state index contributed by atoms with van der Waals surface area (Å²) < 4.78 is 31.8. The van der Waals surface area contributed by atoms with Crippen molar-refractivity contribution in [1.29, 1.82) is 0 Å². The molecule has 0 fully saturated rings. The zero-order valence-electron chi connectivity index (χ0n) is 14.6. The van der Waals surface area contributed by atoms with Crippen LogP contribution in [-0.2, 0) is 21.4 Å². The number of non-ortho nitro benzene ring substituents is 1. The number of hydrogen-bond acceptors (Lipinski definition) is 6. The SMILES string of the molecule is COc1ccc(S(=O)(=O)N(Cc2ccc([N+](=O)[O-])cc2)[C@@H](C)C(=O)O)cc1. The van der Waals surface area contributed by atoms with Gasteiger partial charge in [0.05, 0.1) is 16.9 Å². The molecule has 0 aliphatic heterocycles. The van der Waals surface area contributed by atoms with Crippen LogP contribution in [-0.4, -0.2) is 41.9 Å². The Morgan fingerprint density at radius 2 is 1.74 bits per heavy atom. The lowest BCUT2D eigenvalue weighted by atomic mass is 10.2. The summed E-state index contributed by atoms with van der Waals surface area (Å²) in [5.41, 5.74) is 0.278. The number of nitro benzene ring substituents is 1. The van der Waals surface area contributed by atoms with Crippen LogP contribution < -0.4 is 4.74 Å². The van der Waals surface area contributed by atoms with Crippen LogP contribution in [0.4, 0.5) is 5.69 Å². The molecule has 0 amide bonds. The molecule has 0 saturated carbocycles. The van der Waals surface area contributed by atoms with Crippen LogP contribution in [0.1, 0.15) is 12.5 Å². The Kier molecular flexibility index (Phi) is 6.13. The molecule has 10 heteroatoms. The van der Waals surface area contributed by atoms with E-state index in [1.54, 1.807) is 0 Å². The monoisotopic (exact) mass is 394 g/mol. The Hall–Kier alpha value is -2.98. The van der Waals surface area contributed by atoms with Gasteiger partial charge in [-0.05, 0) is 36.8 Å². The molecule has 0 aliphatic rings. The van der Waals surface area contributed by atoms with E-state index in [1.165, 1.54) is 62.6 Å². The van der Waals surface area contributed by atoms with E-state index >= 15 is 0 Å². The van der Waals surface area contributed by atoms with Crippen LogP contribution in [0, 0.1) is 10.1 Å². The molecule has 2 aromatic carbocycles. The average molecular weight is 394 g/mol. The lowest BCUT2D eigenvalue weighted by molar-refractivity contribution is -0.384. The minimum Gasteiger partial charge on any atom is -0.497 e. The number of aliphatic carboxylic acids is 1. The van der Waals surface area contributed by atoms with Gasteiger partial charge in [0.25, 0.3) is 5.69 Å². The summed E-state index contributed by atoms with van der Waals surface area (Å²) in [6.07, 6.45) is 0. The number of sulfonamides is 1. The number of nitro groups is 1. The number of carboxylic acids is 1. The minimum absolute atomic E-state index is 0.0849. The highest BCUT2D eigenvalue weighted by Crippen LogP contribution is 2.24. The Morgan fingerprint density at radius 1 is 1.19 bits per heavy atom. The van der Waals surface area contributed by atoms with Gasteiger partial charge in [-0.2, -0.15) is 4.31 Å². The van der Waals surface area contributed by atoms with Gasteiger partial charge < -0.3 is 9.84 Å². The molecule has 9 nitrogen and oxygen atoms in total. The lowest BCUT2D eigenvalue weighted by Gasteiger charge is -2.26. The number of benzene rings is 2. The average Bonchev–Trinajstić information content (AvgIpc) is 2.65. The van der Waals surface area contributed by atoms with Gasteiger partial charge in [-0.3, -0.25) is 14.9 Å². The molecule has 0 radical (unpaired) electrons. The van der Waals surface area contributed by atoms with E-state index in [1.807, 2.05) is 0 Å². The molecule has 2 rings (SSSR count). The quantitative estimate of drug-likeness (QED) is 0.537. The molecule has 1 atom stereocenters.